The maximum absolute atomic E-state index is 11.0. The number of hydrogen-bond donors (Lipinski definition) is 1. The van der Waals surface area contributed by atoms with Gasteiger partial charge in [0.05, 0.1) is 10.5 Å². The van der Waals surface area contributed by atoms with Gasteiger partial charge >= 0.3 is 5.97 Å². The lowest BCUT2D eigenvalue weighted by Gasteiger charge is -2.02. The third kappa shape index (κ3) is 2.24. The van der Waals surface area contributed by atoms with Gasteiger partial charge in [-0.1, -0.05) is 6.07 Å². The summed E-state index contributed by atoms with van der Waals surface area (Å²) >= 11 is 0. The summed E-state index contributed by atoms with van der Waals surface area (Å²) in [6.45, 7) is 1.54. The van der Waals surface area contributed by atoms with Crippen molar-refractivity contribution < 1.29 is 18.3 Å². The molecule has 0 aliphatic rings. The molecule has 0 unspecified atom stereocenters. The summed E-state index contributed by atoms with van der Waals surface area (Å²) in [5, 5.41) is 8.63. The molecule has 0 radical (unpaired) electrons. The van der Waals surface area contributed by atoms with E-state index >= 15 is 0 Å². The molecule has 0 aliphatic carbocycles. The Morgan fingerprint density at radius 1 is 1.43 bits per heavy atom. The highest BCUT2D eigenvalue weighted by molar-refractivity contribution is 8.13. The van der Waals surface area contributed by atoms with Crippen molar-refractivity contribution in [2.45, 2.75) is 11.8 Å². The quantitative estimate of drug-likeness (QED) is 0.790. The molecule has 0 heterocycles. The SMILES string of the molecule is Cc1ccc(C(=O)O)cc1S(=O)(=O)Cl. The third-order valence-corrected chi connectivity index (χ3v) is 3.16. The van der Waals surface area contributed by atoms with E-state index in [1.54, 1.807) is 6.92 Å². The van der Waals surface area contributed by atoms with E-state index in [9.17, 15) is 13.2 Å². The van der Waals surface area contributed by atoms with Crippen molar-refractivity contribution >= 4 is 25.7 Å². The molecule has 14 heavy (non-hydrogen) atoms. The molecular weight excluding hydrogens is 228 g/mol. The molecule has 4 nitrogen and oxygen atoms in total. The van der Waals surface area contributed by atoms with E-state index in [0.717, 1.165) is 6.07 Å². The van der Waals surface area contributed by atoms with E-state index in [0.29, 0.717) is 5.56 Å². The summed E-state index contributed by atoms with van der Waals surface area (Å²) in [4.78, 5) is 10.4. The molecule has 0 saturated heterocycles. The van der Waals surface area contributed by atoms with Crippen LogP contribution in [0.15, 0.2) is 23.1 Å². The van der Waals surface area contributed by atoms with Gasteiger partial charge in [0.15, 0.2) is 0 Å². The summed E-state index contributed by atoms with van der Waals surface area (Å²) in [5.74, 6) is -1.19. The Hall–Kier alpha value is -1.07. The van der Waals surface area contributed by atoms with Crippen molar-refractivity contribution in [2.24, 2.45) is 0 Å². The minimum absolute atomic E-state index is 0.102. The molecule has 0 fully saturated rings. The van der Waals surface area contributed by atoms with Crippen LogP contribution in [0.25, 0.3) is 0 Å². The second kappa shape index (κ2) is 3.59. The molecule has 0 bridgehead atoms. The molecule has 0 saturated carbocycles. The van der Waals surface area contributed by atoms with Crippen molar-refractivity contribution in [3.8, 4) is 0 Å². The maximum Gasteiger partial charge on any atom is 0.335 e. The van der Waals surface area contributed by atoms with Gasteiger partial charge in [-0.15, -0.1) is 0 Å². The molecule has 0 spiro atoms. The molecule has 0 aromatic heterocycles. The number of carboxylic acids is 1. The van der Waals surface area contributed by atoms with Gasteiger partial charge in [-0.25, -0.2) is 13.2 Å². The van der Waals surface area contributed by atoms with E-state index in [-0.39, 0.29) is 10.5 Å². The topological polar surface area (TPSA) is 71.4 Å². The Kier molecular flexibility index (Phi) is 2.82. The highest BCUT2D eigenvalue weighted by Gasteiger charge is 2.15. The van der Waals surface area contributed by atoms with E-state index < -0.39 is 15.0 Å². The van der Waals surface area contributed by atoms with Crippen LogP contribution in [0.3, 0.4) is 0 Å². The minimum Gasteiger partial charge on any atom is -0.478 e. The lowest BCUT2D eigenvalue weighted by molar-refractivity contribution is 0.0696. The van der Waals surface area contributed by atoms with Crippen molar-refractivity contribution in [3.63, 3.8) is 0 Å². The van der Waals surface area contributed by atoms with Gasteiger partial charge < -0.3 is 5.11 Å². The van der Waals surface area contributed by atoms with Crippen LogP contribution in [0.5, 0.6) is 0 Å². The second-order valence-corrected chi connectivity index (χ2v) is 5.26. The molecule has 0 aliphatic heterocycles. The van der Waals surface area contributed by atoms with Crippen LogP contribution in [0, 0.1) is 6.92 Å². The molecule has 6 heteroatoms. The zero-order valence-electron chi connectivity index (χ0n) is 7.19. The van der Waals surface area contributed by atoms with Crippen LogP contribution < -0.4 is 0 Å². The van der Waals surface area contributed by atoms with Crippen LogP contribution >= 0.6 is 10.7 Å². The van der Waals surface area contributed by atoms with Crippen LogP contribution in [0.2, 0.25) is 0 Å². The average Bonchev–Trinajstić information content (AvgIpc) is 2.02. The lowest BCUT2D eigenvalue weighted by atomic mass is 10.1. The third-order valence-electron chi connectivity index (χ3n) is 1.70. The van der Waals surface area contributed by atoms with E-state index in [1.807, 2.05) is 0 Å². The number of benzene rings is 1. The molecule has 1 aromatic carbocycles. The van der Waals surface area contributed by atoms with Gasteiger partial charge in [0.25, 0.3) is 9.05 Å². The summed E-state index contributed by atoms with van der Waals surface area (Å²) in [5.41, 5.74) is 0.319. The fraction of sp³-hybridized carbons (Fsp3) is 0.125. The summed E-state index contributed by atoms with van der Waals surface area (Å²) in [7, 11) is 1.24. The molecule has 0 amide bonds. The van der Waals surface area contributed by atoms with Gasteiger partial charge in [-0.05, 0) is 24.6 Å². The first-order valence-electron chi connectivity index (χ1n) is 3.61. The number of hydrogen-bond acceptors (Lipinski definition) is 3. The molecule has 0 atom stereocenters. The highest BCUT2D eigenvalue weighted by Crippen LogP contribution is 2.20. The van der Waals surface area contributed by atoms with Crippen molar-refractivity contribution in [1.29, 1.82) is 0 Å². The van der Waals surface area contributed by atoms with E-state index in [1.165, 1.54) is 12.1 Å². The van der Waals surface area contributed by atoms with Crippen LogP contribution in [-0.2, 0) is 9.05 Å². The number of rotatable bonds is 2. The van der Waals surface area contributed by atoms with Gasteiger partial charge in [0.1, 0.15) is 0 Å². The zero-order valence-corrected chi connectivity index (χ0v) is 8.76. The number of aryl methyl sites for hydroxylation is 1. The van der Waals surface area contributed by atoms with Crippen molar-refractivity contribution in [1.82, 2.24) is 0 Å². The largest absolute Gasteiger partial charge is 0.478 e. The molecular formula is C8H7ClO4S. The van der Waals surface area contributed by atoms with Gasteiger partial charge in [0, 0.05) is 10.7 Å². The van der Waals surface area contributed by atoms with Gasteiger partial charge in [0.2, 0.25) is 0 Å². The second-order valence-electron chi connectivity index (χ2n) is 2.72. The standard InChI is InChI=1S/C8H7ClO4S/c1-5-2-3-6(8(10)11)4-7(5)14(9,12)13/h2-4H,1H3,(H,10,11). The van der Waals surface area contributed by atoms with Crippen LogP contribution in [0.1, 0.15) is 15.9 Å². The number of carboxylic acid groups (broad SMARTS) is 1. The number of halogens is 1. The van der Waals surface area contributed by atoms with Gasteiger partial charge in [-0.3, -0.25) is 0 Å². The molecule has 1 aromatic rings. The minimum atomic E-state index is -3.88. The smallest absolute Gasteiger partial charge is 0.335 e. The summed E-state index contributed by atoms with van der Waals surface area (Å²) in [6.07, 6.45) is 0. The Morgan fingerprint density at radius 2 is 2.00 bits per heavy atom. The zero-order chi connectivity index (χ0) is 10.9. The van der Waals surface area contributed by atoms with Crippen LogP contribution in [-0.4, -0.2) is 19.5 Å². The molecule has 1 rings (SSSR count). The van der Waals surface area contributed by atoms with Gasteiger partial charge in [-0.2, -0.15) is 0 Å². The average molecular weight is 235 g/mol. The molecule has 1 N–H and O–H groups in total. The predicted molar refractivity (Wildman–Crippen MR) is 51.2 cm³/mol. The fourth-order valence-electron chi connectivity index (χ4n) is 0.996. The van der Waals surface area contributed by atoms with Crippen molar-refractivity contribution in [2.75, 3.05) is 0 Å². The monoisotopic (exact) mass is 234 g/mol. The first kappa shape index (κ1) is 11.0. The number of carbonyl (C=O) groups is 1. The molecule has 76 valence electrons. The highest BCUT2D eigenvalue weighted by atomic mass is 35.7. The van der Waals surface area contributed by atoms with Crippen molar-refractivity contribution in [3.05, 3.63) is 29.3 Å². The Bertz CT molecular complexity index is 478. The normalized spacial score (nSPS) is 11.3. The van der Waals surface area contributed by atoms with E-state index in [2.05, 4.69) is 0 Å². The fourth-order valence-corrected chi connectivity index (χ4v) is 2.21. The van der Waals surface area contributed by atoms with E-state index in [4.69, 9.17) is 15.8 Å². The first-order chi connectivity index (χ1) is 6.32. The maximum atomic E-state index is 11.0. The van der Waals surface area contributed by atoms with Crippen LogP contribution in [0.4, 0.5) is 0 Å². The predicted octanol–water partition coefficient (Wildman–Crippen LogP) is 1.62. The Labute approximate surface area is 85.5 Å². The number of aromatic carboxylic acids is 1. The first-order valence-corrected chi connectivity index (χ1v) is 5.92. The summed E-state index contributed by atoms with van der Waals surface area (Å²) in [6, 6.07) is 3.77. The lowest BCUT2D eigenvalue weighted by Crippen LogP contribution is -2.01. The summed E-state index contributed by atoms with van der Waals surface area (Å²) < 4.78 is 22.0. The Balaban J connectivity index is 3.44. The Morgan fingerprint density at radius 3 is 2.43 bits per heavy atom.